The van der Waals surface area contributed by atoms with Crippen LogP contribution in [0.2, 0.25) is 0 Å². The Labute approximate surface area is 105 Å². The number of halogens is 3. The Kier molecular flexibility index (Phi) is 6.15. The fourth-order valence-corrected chi connectivity index (χ4v) is 1.47. The lowest BCUT2D eigenvalue weighted by molar-refractivity contribution is -0.137. The molecule has 5 heteroatoms. The summed E-state index contributed by atoms with van der Waals surface area (Å²) in [6.45, 7) is 4.41. The van der Waals surface area contributed by atoms with Crippen molar-refractivity contribution in [1.82, 2.24) is 5.32 Å². The van der Waals surface area contributed by atoms with E-state index >= 15 is 0 Å². The van der Waals surface area contributed by atoms with Gasteiger partial charge in [-0.3, -0.25) is 0 Å². The number of hydrogen-bond donors (Lipinski definition) is 1. The Hall–Kier alpha value is -1.07. The van der Waals surface area contributed by atoms with E-state index in [9.17, 15) is 13.2 Å². The van der Waals surface area contributed by atoms with Crippen LogP contribution >= 0.6 is 0 Å². The number of nitrogens with one attached hydrogen (secondary N) is 1. The maximum atomic E-state index is 12.4. The summed E-state index contributed by atoms with van der Waals surface area (Å²) in [5.41, 5.74) is -0.0898. The van der Waals surface area contributed by atoms with Crippen molar-refractivity contribution in [3.8, 4) is 0 Å². The summed E-state index contributed by atoms with van der Waals surface area (Å²) >= 11 is 0. The third-order valence-corrected chi connectivity index (χ3v) is 2.37. The van der Waals surface area contributed by atoms with Gasteiger partial charge in [0.25, 0.3) is 0 Å². The first-order valence-electron chi connectivity index (χ1n) is 5.98. The molecule has 0 saturated heterocycles. The molecule has 0 spiro atoms. The highest BCUT2D eigenvalue weighted by Gasteiger charge is 2.30. The topological polar surface area (TPSA) is 21.3 Å². The van der Waals surface area contributed by atoms with E-state index < -0.39 is 11.7 Å². The van der Waals surface area contributed by atoms with Crippen molar-refractivity contribution in [2.45, 2.75) is 26.1 Å². The van der Waals surface area contributed by atoms with Gasteiger partial charge in [0.15, 0.2) is 0 Å². The van der Waals surface area contributed by atoms with Crippen molar-refractivity contribution in [2.24, 2.45) is 0 Å². The average molecular weight is 261 g/mol. The summed E-state index contributed by atoms with van der Waals surface area (Å²) in [6, 6.07) is 5.22. The average Bonchev–Trinajstić information content (AvgIpc) is 2.33. The normalized spacial score (nSPS) is 11.8. The van der Waals surface area contributed by atoms with Gasteiger partial charge in [-0.25, -0.2) is 0 Å². The third kappa shape index (κ3) is 5.51. The molecule has 1 aromatic carbocycles. The van der Waals surface area contributed by atoms with Gasteiger partial charge >= 0.3 is 6.18 Å². The third-order valence-electron chi connectivity index (χ3n) is 2.37. The summed E-state index contributed by atoms with van der Waals surface area (Å²) in [7, 11) is 0. The summed E-state index contributed by atoms with van der Waals surface area (Å²) in [6.07, 6.45) is -3.24. The quantitative estimate of drug-likeness (QED) is 0.761. The van der Waals surface area contributed by atoms with Gasteiger partial charge < -0.3 is 10.1 Å². The minimum absolute atomic E-state index is 0.206. The predicted molar refractivity (Wildman–Crippen MR) is 64.3 cm³/mol. The molecule has 0 radical (unpaired) electrons. The minimum Gasteiger partial charge on any atom is -0.375 e. The van der Waals surface area contributed by atoms with E-state index in [1.54, 1.807) is 6.07 Å². The second-order valence-corrected chi connectivity index (χ2v) is 4.00. The Morgan fingerprint density at radius 3 is 2.67 bits per heavy atom. The molecule has 0 amide bonds. The highest BCUT2D eigenvalue weighted by Crippen LogP contribution is 2.29. The van der Waals surface area contributed by atoms with Crippen molar-refractivity contribution in [1.29, 1.82) is 0 Å². The van der Waals surface area contributed by atoms with Crippen LogP contribution in [0.3, 0.4) is 0 Å². The SMILES string of the molecule is CCCNCCOCc1cccc(C(F)(F)F)c1. The molecular formula is C13H18F3NO. The van der Waals surface area contributed by atoms with Gasteiger partial charge in [-0.2, -0.15) is 13.2 Å². The lowest BCUT2D eigenvalue weighted by Gasteiger charge is -2.09. The van der Waals surface area contributed by atoms with Crippen molar-refractivity contribution in [3.05, 3.63) is 35.4 Å². The molecule has 0 aliphatic rings. The lowest BCUT2D eigenvalue weighted by atomic mass is 10.1. The van der Waals surface area contributed by atoms with Gasteiger partial charge in [-0.05, 0) is 30.7 Å². The van der Waals surface area contributed by atoms with Crippen LogP contribution in [-0.2, 0) is 17.5 Å². The zero-order valence-corrected chi connectivity index (χ0v) is 10.4. The summed E-state index contributed by atoms with van der Waals surface area (Å²) in [5.74, 6) is 0. The molecule has 0 aliphatic heterocycles. The number of ether oxygens (including phenoxy) is 1. The van der Waals surface area contributed by atoms with Gasteiger partial charge in [-0.15, -0.1) is 0 Å². The second kappa shape index (κ2) is 7.38. The second-order valence-electron chi connectivity index (χ2n) is 4.00. The molecule has 1 aromatic rings. The van der Waals surface area contributed by atoms with Crippen LogP contribution in [0.25, 0.3) is 0 Å². The molecule has 0 aromatic heterocycles. The molecule has 0 aliphatic carbocycles. The first-order chi connectivity index (χ1) is 8.54. The summed E-state index contributed by atoms with van der Waals surface area (Å²) < 4.78 is 42.6. The molecule has 0 unspecified atom stereocenters. The van der Waals surface area contributed by atoms with E-state index in [-0.39, 0.29) is 6.61 Å². The van der Waals surface area contributed by atoms with Crippen LogP contribution in [0.1, 0.15) is 24.5 Å². The maximum absolute atomic E-state index is 12.4. The fourth-order valence-electron chi connectivity index (χ4n) is 1.47. The van der Waals surface area contributed by atoms with Crippen molar-refractivity contribution >= 4 is 0 Å². The molecule has 2 nitrogen and oxygen atoms in total. The fraction of sp³-hybridized carbons (Fsp3) is 0.538. The predicted octanol–water partition coefficient (Wildman–Crippen LogP) is 3.22. The smallest absolute Gasteiger partial charge is 0.375 e. The Bertz CT molecular complexity index is 352. The Morgan fingerprint density at radius 1 is 1.22 bits per heavy atom. The van der Waals surface area contributed by atoms with Crippen LogP contribution in [0.15, 0.2) is 24.3 Å². The van der Waals surface area contributed by atoms with E-state index in [4.69, 9.17) is 4.74 Å². The zero-order valence-electron chi connectivity index (χ0n) is 10.4. The Morgan fingerprint density at radius 2 is 2.00 bits per heavy atom. The van der Waals surface area contributed by atoms with Gasteiger partial charge in [0, 0.05) is 6.54 Å². The number of hydrogen-bond acceptors (Lipinski definition) is 2. The molecular weight excluding hydrogens is 243 g/mol. The van der Waals surface area contributed by atoms with Gasteiger partial charge in [0.05, 0.1) is 18.8 Å². The van der Waals surface area contributed by atoms with E-state index in [1.165, 1.54) is 6.07 Å². The molecule has 18 heavy (non-hydrogen) atoms. The zero-order chi connectivity index (χ0) is 13.4. The molecule has 0 atom stereocenters. The van der Waals surface area contributed by atoms with Gasteiger partial charge in [0.2, 0.25) is 0 Å². The molecule has 102 valence electrons. The van der Waals surface area contributed by atoms with Crippen LogP contribution in [-0.4, -0.2) is 19.7 Å². The molecule has 0 heterocycles. The van der Waals surface area contributed by atoms with Crippen LogP contribution in [0.5, 0.6) is 0 Å². The van der Waals surface area contributed by atoms with Crippen molar-refractivity contribution in [2.75, 3.05) is 19.7 Å². The summed E-state index contributed by atoms with van der Waals surface area (Å²) in [4.78, 5) is 0. The highest BCUT2D eigenvalue weighted by atomic mass is 19.4. The van der Waals surface area contributed by atoms with Gasteiger partial charge in [0.1, 0.15) is 0 Å². The molecule has 1 rings (SSSR count). The number of rotatable bonds is 7. The van der Waals surface area contributed by atoms with E-state index in [0.29, 0.717) is 18.7 Å². The highest BCUT2D eigenvalue weighted by molar-refractivity contribution is 5.25. The maximum Gasteiger partial charge on any atom is 0.416 e. The van der Waals surface area contributed by atoms with Crippen LogP contribution in [0, 0.1) is 0 Å². The first-order valence-corrected chi connectivity index (χ1v) is 5.98. The van der Waals surface area contributed by atoms with Crippen LogP contribution < -0.4 is 5.32 Å². The molecule has 0 saturated carbocycles. The molecule has 1 N–H and O–H groups in total. The van der Waals surface area contributed by atoms with Gasteiger partial charge in [-0.1, -0.05) is 19.1 Å². The molecule has 0 bridgehead atoms. The van der Waals surface area contributed by atoms with Crippen LogP contribution in [0.4, 0.5) is 13.2 Å². The minimum atomic E-state index is -4.29. The summed E-state index contributed by atoms with van der Waals surface area (Å²) in [5, 5.41) is 3.15. The van der Waals surface area contributed by atoms with Crippen molar-refractivity contribution in [3.63, 3.8) is 0 Å². The number of alkyl halides is 3. The first kappa shape index (κ1) is 15.0. The van der Waals surface area contributed by atoms with E-state index in [2.05, 4.69) is 12.2 Å². The largest absolute Gasteiger partial charge is 0.416 e. The molecule has 0 fully saturated rings. The standard InChI is InChI=1S/C13H18F3NO/c1-2-6-17-7-8-18-10-11-4-3-5-12(9-11)13(14,15)16/h3-5,9,17H,2,6-8,10H2,1H3. The Balaban J connectivity index is 2.34. The monoisotopic (exact) mass is 261 g/mol. The van der Waals surface area contributed by atoms with Crippen molar-refractivity contribution < 1.29 is 17.9 Å². The van der Waals surface area contributed by atoms with E-state index in [1.807, 2.05) is 0 Å². The number of benzene rings is 1. The van der Waals surface area contributed by atoms with E-state index in [0.717, 1.165) is 25.1 Å². The lowest BCUT2D eigenvalue weighted by Crippen LogP contribution is -2.20.